The van der Waals surface area contributed by atoms with Crippen LogP contribution in [0.4, 0.5) is 8.78 Å². The van der Waals surface area contributed by atoms with Crippen LogP contribution in [0.25, 0.3) is 0 Å². The second kappa shape index (κ2) is 7.09. The van der Waals surface area contributed by atoms with Gasteiger partial charge in [0.15, 0.2) is 11.6 Å². The first-order valence-electron chi connectivity index (χ1n) is 8.04. The second-order valence-electron chi connectivity index (χ2n) is 6.12. The molecule has 5 heteroatoms. The summed E-state index contributed by atoms with van der Waals surface area (Å²) in [6.45, 7) is 0. The Morgan fingerprint density at radius 2 is 1.96 bits per heavy atom. The first kappa shape index (κ1) is 16.6. The van der Waals surface area contributed by atoms with Crippen LogP contribution in [0.5, 0.6) is 0 Å². The number of hydrogen-bond acceptors (Lipinski definition) is 2. The highest BCUT2D eigenvalue weighted by Crippen LogP contribution is 2.31. The Hall–Kier alpha value is -2.27. The van der Waals surface area contributed by atoms with Gasteiger partial charge in [0.05, 0.1) is 12.1 Å². The lowest BCUT2D eigenvalue weighted by Gasteiger charge is -2.18. The molecule has 3 rings (SSSR count). The van der Waals surface area contributed by atoms with Crippen molar-refractivity contribution in [2.45, 2.75) is 37.8 Å². The number of fused-ring (bicyclic) bond motifs is 1. The zero-order valence-corrected chi connectivity index (χ0v) is 13.1. The minimum atomic E-state index is -0.873. The van der Waals surface area contributed by atoms with Gasteiger partial charge in [-0.25, -0.2) is 8.78 Å². The maximum absolute atomic E-state index is 13.1. The van der Waals surface area contributed by atoms with E-state index < -0.39 is 17.7 Å². The molecule has 1 aliphatic rings. The smallest absolute Gasteiger partial charge is 0.220 e. The summed E-state index contributed by atoms with van der Waals surface area (Å²) in [4.78, 5) is 12.1. The van der Waals surface area contributed by atoms with Gasteiger partial charge in [-0.15, -0.1) is 0 Å². The number of hydrogen-bond donors (Lipinski definition) is 2. The van der Waals surface area contributed by atoms with Gasteiger partial charge in [0.1, 0.15) is 0 Å². The number of nitrogens with one attached hydrogen (secondary N) is 1. The molecule has 3 nitrogen and oxygen atoms in total. The second-order valence-corrected chi connectivity index (χ2v) is 6.12. The molecule has 2 atom stereocenters. The minimum absolute atomic E-state index is 0.154. The maximum atomic E-state index is 13.1. The Labute approximate surface area is 139 Å². The lowest BCUT2D eigenvalue weighted by Crippen LogP contribution is -2.33. The largest absolute Gasteiger partial charge is 0.390 e. The number of carbonyl (C=O) groups excluding carboxylic acids is 1. The first-order valence-corrected chi connectivity index (χ1v) is 8.04. The van der Waals surface area contributed by atoms with Gasteiger partial charge in [-0.2, -0.15) is 0 Å². The molecule has 0 aliphatic heterocycles. The van der Waals surface area contributed by atoms with E-state index in [1.807, 2.05) is 24.3 Å². The number of rotatable bonds is 5. The number of aryl methyl sites for hydroxylation is 1. The van der Waals surface area contributed by atoms with Gasteiger partial charge in [0.25, 0.3) is 0 Å². The number of carbonyl (C=O) groups is 1. The summed E-state index contributed by atoms with van der Waals surface area (Å²) in [5.74, 6) is -1.90. The lowest BCUT2D eigenvalue weighted by molar-refractivity contribution is -0.122. The third-order valence-corrected chi connectivity index (χ3v) is 4.37. The Morgan fingerprint density at radius 1 is 1.17 bits per heavy atom. The topological polar surface area (TPSA) is 49.3 Å². The van der Waals surface area contributed by atoms with Crippen molar-refractivity contribution in [3.05, 3.63) is 70.8 Å². The van der Waals surface area contributed by atoms with Crippen LogP contribution < -0.4 is 5.32 Å². The van der Waals surface area contributed by atoms with Crippen molar-refractivity contribution in [3.8, 4) is 0 Å². The average molecular weight is 331 g/mol. The Kier molecular flexibility index (Phi) is 4.90. The SMILES string of the molecule is O=C(CCCc1ccc(F)c(F)c1)NC1c2ccccc2CC1O. The quantitative estimate of drug-likeness (QED) is 0.885. The zero-order chi connectivity index (χ0) is 17.1. The molecule has 0 radical (unpaired) electrons. The molecule has 0 fully saturated rings. The highest BCUT2D eigenvalue weighted by molar-refractivity contribution is 5.76. The molecule has 0 aromatic heterocycles. The Morgan fingerprint density at radius 3 is 2.75 bits per heavy atom. The van der Waals surface area contributed by atoms with Crippen LogP contribution in [0.1, 0.15) is 35.6 Å². The van der Waals surface area contributed by atoms with Crippen LogP contribution in [-0.2, 0) is 17.6 Å². The molecule has 1 amide bonds. The van der Waals surface area contributed by atoms with Crippen molar-refractivity contribution in [1.82, 2.24) is 5.32 Å². The van der Waals surface area contributed by atoms with Crippen LogP contribution in [0.2, 0.25) is 0 Å². The summed E-state index contributed by atoms with van der Waals surface area (Å²) in [5.41, 5.74) is 2.67. The number of benzene rings is 2. The molecule has 2 N–H and O–H groups in total. The number of aliphatic hydroxyl groups is 1. The van der Waals surface area contributed by atoms with Gasteiger partial charge in [-0.1, -0.05) is 30.3 Å². The van der Waals surface area contributed by atoms with Crippen molar-refractivity contribution in [1.29, 1.82) is 0 Å². The van der Waals surface area contributed by atoms with E-state index in [0.29, 0.717) is 24.8 Å². The highest BCUT2D eigenvalue weighted by Gasteiger charge is 2.31. The van der Waals surface area contributed by atoms with Crippen molar-refractivity contribution in [3.63, 3.8) is 0 Å². The number of halogens is 2. The zero-order valence-electron chi connectivity index (χ0n) is 13.1. The predicted molar refractivity (Wildman–Crippen MR) is 86.3 cm³/mol. The van der Waals surface area contributed by atoms with Gasteiger partial charge in [0.2, 0.25) is 5.91 Å². The van der Waals surface area contributed by atoms with E-state index in [-0.39, 0.29) is 18.4 Å². The van der Waals surface area contributed by atoms with Gasteiger partial charge >= 0.3 is 0 Å². The highest BCUT2D eigenvalue weighted by atomic mass is 19.2. The Bertz CT molecular complexity index is 748. The summed E-state index contributed by atoms with van der Waals surface area (Å²) >= 11 is 0. The van der Waals surface area contributed by atoms with Crippen LogP contribution in [0.15, 0.2) is 42.5 Å². The normalized spacial score (nSPS) is 19.1. The van der Waals surface area contributed by atoms with E-state index in [1.54, 1.807) is 0 Å². The third-order valence-electron chi connectivity index (χ3n) is 4.37. The molecule has 2 unspecified atom stereocenters. The molecular formula is C19H19F2NO2. The summed E-state index contributed by atoms with van der Waals surface area (Å²) < 4.78 is 26.0. The van der Waals surface area contributed by atoms with E-state index in [9.17, 15) is 18.7 Å². The molecule has 0 bridgehead atoms. The molecule has 126 valence electrons. The first-order chi connectivity index (χ1) is 11.5. The van der Waals surface area contributed by atoms with E-state index in [4.69, 9.17) is 0 Å². The summed E-state index contributed by atoms with van der Waals surface area (Å²) in [6, 6.07) is 11.1. The average Bonchev–Trinajstić information content (AvgIpc) is 2.87. The van der Waals surface area contributed by atoms with Gasteiger partial charge in [-0.05, 0) is 41.7 Å². The Balaban J connectivity index is 1.52. The number of amides is 1. The van der Waals surface area contributed by atoms with Crippen LogP contribution >= 0.6 is 0 Å². The molecule has 0 saturated heterocycles. The van der Waals surface area contributed by atoms with Crippen molar-refractivity contribution >= 4 is 5.91 Å². The molecule has 24 heavy (non-hydrogen) atoms. The third kappa shape index (κ3) is 3.62. The van der Waals surface area contributed by atoms with E-state index in [1.165, 1.54) is 6.07 Å². The van der Waals surface area contributed by atoms with E-state index in [0.717, 1.165) is 23.3 Å². The van der Waals surface area contributed by atoms with Gasteiger partial charge < -0.3 is 10.4 Å². The van der Waals surface area contributed by atoms with Crippen molar-refractivity contribution in [2.24, 2.45) is 0 Å². The van der Waals surface area contributed by atoms with Gasteiger partial charge in [-0.3, -0.25) is 4.79 Å². The van der Waals surface area contributed by atoms with Crippen LogP contribution in [0.3, 0.4) is 0 Å². The van der Waals surface area contributed by atoms with Crippen LogP contribution in [-0.4, -0.2) is 17.1 Å². The summed E-state index contributed by atoms with van der Waals surface area (Å²) in [7, 11) is 0. The van der Waals surface area contributed by atoms with E-state index in [2.05, 4.69) is 5.32 Å². The molecule has 2 aromatic rings. The number of aliphatic hydroxyl groups excluding tert-OH is 1. The van der Waals surface area contributed by atoms with Gasteiger partial charge in [0, 0.05) is 12.8 Å². The molecule has 0 spiro atoms. The minimum Gasteiger partial charge on any atom is -0.390 e. The van der Waals surface area contributed by atoms with Crippen molar-refractivity contribution in [2.75, 3.05) is 0 Å². The maximum Gasteiger partial charge on any atom is 0.220 e. The van der Waals surface area contributed by atoms with Crippen molar-refractivity contribution < 1.29 is 18.7 Å². The predicted octanol–water partition coefficient (Wildman–Crippen LogP) is 3.06. The van der Waals surface area contributed by atoms with E-state index >= 15 is 0 Å². The summed E-state index contributed by atoms with van der Waals surface area (Å²) in [6.07, 6.45) is 1.22. The molecule has 1 aliphatic carbocycles. The fourth-order valence-electron chi connectivity index (χ4n) is 3.14. The molecule has 2 aromatic carbocycles. The fraction of sp³-hybridized carbons (Fsp3) is 0.316. The molecule has 0 saturated carbocycles. The molecular weight excluding hydrogens is 312 g/mol. The monoisotopic (exact) mass is 331 g/mol. The lowest BCUT2D eigenvalue weighted by atomic mass is 10.1. The summed E-state index contributed by atoms with van der Waals surface area (Å²) in [5, 5.41) is 13.0. The fourth-order valence-corrected chi connectivity index (χ4v) is 3.14. The molecule has 0 heterocycles. The van der Waals surface area contributed by atoms with Crippen LogP contribution in [0, 0.1) is 11.6 Å². The standard InChI is InChI=1S/C19H19F2NO2/c20-15-9-8-12(10-16(15)21)4-3-7-18(24)22-19-14-6-2-1-5-13(14)11-17(19)23/h1-2,5-6,8-10,17,19,23H,3-4,7,11H2,(H,22,24).